The fourth-order valence-corrected chi connectivity index (χ4v) is 3.97. The molecular weight excluding hydrogens is 376 g/mol. The molecule has 6 nitrogen and oxygen atoms in total. The topological polar surface area (TPSA) is 72.6 Å². The van der Waals surface area contributed by atoms with Crippen molar-refractivity contribution in [3.05, 3.63) is 78.5 Å². The predicted octanol–water partition coefficient (Wildman–Crippen LogP) is 4.10. The molecule has 2 aromatic heterocycles. The number of rotatable bonds is 9. The molecular formula is C21H24N2O4S. The molecule has 0 unspecified atom stereocenters. The summed E-state index contributed by atoms with van der Waals surface area (Å²) in [5.74, 6) is 1.61. The van der Waals surface area contributed by atoms with E-state index in [-0.39, 0.29) is 18.0 Å². The van der Waals surface area contributed by atoms with Gasteiger partial charge in [-0.15, -0.1) is 0 Å². The summed E-state index contributed by atoms with van der Waals surface area (Å²) >= 11 is 0. The Kier molecular flexibility index (Phi) is 6.49. The van der Waals surface area contributed by atoms with Crippen LogP contribution in [0.15, 0.2) is 76.4 Å². The summed E-state index contributed by atoms with van der Waals surface area (Å²) in [7, 11) is -3.75. The Morgan fingerprint density at radius 3 is 2.43 bits per heavy atom. The van der Waals surface area contributed by atoms with Gasteiger partial charge < -0.3 is 9.15 Å². The molecule has 0 bridgehead atoms. The summed E-state index contributed by atoms with van der Waals surface area (Å²) in [4.78, 5) is 4.45. The zero-order valence-electron chi connectivity index (χ0n) is 16.0. The molecule has 0 radical (unpaired) electrons. The molecule has 0 fully saturated rings. The zero-order chi connectivity index (χ0) is 20.0. The average molecular weight is 401 g/mol. The minimum absolute atomic E-state index is 0.123. The Hall–Kier alpha value is -2.64. The third kappa shape index (κ3) is 5.21. The van der Waals surface area contributed by atoms with Gasteiger partial charge in [0.2, 0.25) is 10.0 Å². The normalized spacial score (nSPS) is 11.9. The van der Waals surface area contributed by atoms with Crippen molar-refractivity contribution in [1.29, 1.82) is 0 Å². The first-order chi connectivity index (χ1) is 13.4. The summed E-state index contributed by atoms with van der Waals surface area (Å²) < 4.78 is 38.9. The zero-order valence-corrected chi connectivity index (χ0v) is 16.8. The second-order valence-electron chi connectivity index (χ2n) is 6.85. The van der Waals surface area contributed by atoms with Crippen LogP contribution in [-0.4, -0.2) is 24.3 Å². The number of hydrogen-bond donors (Lipinski definition) is 0. The van der Waals surface area contributed by atoms with Gasteiger partial charge in [-0.05, 0) is 54.4 Å². The van der Waals surface area contributed by atoms with Crippen LogP contribution in [0.25, 0.3) is 0 Å². The summed E-state index contributed by atoms with van der Waals surface area (Å²) in [6.07, 6.45) is 3.18. The van der Waals surface area contributed by atoms with E-state index >= 15 is 0 Å². The number of ether oxygens (including phenoxy) is 1. The van der Waals surface area contributed by atoms with Crippen molar-refractivity contribution in [2.24, 2.45) is 5.92 Å². The first kappa shape index (κ1) is 20.1. The largest absolute Gasteiger partial charge is 0.493 e. The molecule has 0 saturated carbocycles. The van der Waals surface area contributed by atoms with Gasteiger partial charge in [-0.3, -0.25) is 4.98 Å². The molecule has 0 aliphatic carbocycles. The van der Waals surface area contributed by atoms with Gasteiger partial charge in [0.05, 0.1) is 36.5 Å². The monoisotopic (exact) mass is 400 g/mol. The summed E-state index contributed by atoms with van der Waals surface area (Å²) in [5.41, 5.74) is 0.662. The smallest absolute Gasteiger partial charge is 0.243 e. The van der Waals surface area contributed by atoms with E-state index in [4.69, 9.17) is 9.15 Å². The summed E-state index contributed by atoms with van der Waals surface area (Å²) in [6, 6.07) is 15.4. The van der Waals surface area contributed by atoms with Gasteiger partial charge in [0.15, 0.2) is 0 Å². The number of nitrogens with zero attached hydrogens (tertiary/aromatic N) is 2. The van der Waals surface area contributed by atoms with Crippen LogP contribution >= 0.6 is 0 Å². The highest BCUT2D eigenvalue weighted by Gasteiger charge is 2.26. The quantitative estimate of drug-likeness (QED) is 0.541. The molecule has 2 heterocycles. The van der Waals surface area contributed by atoms with Crippen molar-refractivity contribution in [1.82, 2.24) is 9.29 Å². The minimum atomic E-state index is -3.75. The van der Waals surface area contributed by atoms with Crippen LogP contribution in [0.4, 0.5) is 0 Å². The molecule has 3 aromatic rings. The van der Waals surface area contributed by atoms with Gasteiger partial charge in [-0.1, -0.05) is 19.9 Å². The molecule has 0 atom stereocenters. The molecule has 148 valence electrons. The van der Waals surface area contributed by atoms with Gasteiger partial charge in [0, 0.05) is 6.20 Å². The molecule has 3 rings (SSSR count). The van der Waals surface area contributed by atoms with E-state index in [0.29, 0.717) is 29.7 Å². The molecule has 0 spiro atoms. The highest BCUT2D eigenvalue weighted by molar-refractivity contribution is 7.89. The van der Waals surface area contributed by atoms with E-state index in [1.54, 1.807) is 54.7 Å². The first-order valence-electron chi connectivity index (χ1n) is 9.10. The Morgan fingerprint density at radius 2 is 1.82 bits per heavy atom. The summed E-state index contributed by atoms with van der Waals surface area (Å²) in [6.45, 7) is 4.97. The average Bonchev–Trinajstić information content (AvgIpc) is 3.20. The Bertz CT molecular complexity index is 953. The Morgan fingerprint density at radius 1 is 1.04 bits per heavy atom. The summed E-state index contributed by atoms with van der Waals surface area (Å²) in [5, 5.41) is 0. The molecule has 0 saturated heterocycles. The van der Waals surface area contributed by atoms with Gasteiger partial charge in [-0.2, -0.15) is 4.31 Å². The Labute approximate surface area is 165 Å². The van der Waals surface area contributed by atoms with Crippen molar-refractivity contribution in [2.45, 2.75) is 31.8 Å². The molecule has 0 aliphatic rings. The number of furan rings is 1. The van der Waals surface area contributed by atoms with Gasteiger partial charge in [0.1, 0.15) is 11.5 Å². The highest BCUT2D eigenvalue weighted by atomic mass is 32.2. The van der Waals surface area contributed by atoms with Crippen LogP contribution in [0, 0.1) is 5.92 Å². The van der Waals surface area contributed by atoms with Crippen molar-refractivity contribution in [3.63, 3.8) is 0 Å². The molecule has 0 aliphatic heterocycles. The first-order valence-corrected chi connectivity index (χ1v) is 10.5. The number of sulfonamides is 1. The van der Waals surface area contributed by atoms with Crippen LogP contribution in [0.2, 0.25) is 0 Å². The van der Waals surface area contributed by atoms with Crippen LogP contribution in [-0.2, 0) is 23.1 Å². The van der Waals surface area contributed by atoms with E-state index in [1.165, 1.54) is 10.6 Å². The standard InChI is InChI=1S/C21H24N2O4S/c1-17(2)16-27-19-8-10-21(11-9-19)28(24,25)23(15-20-7-5-13-26-20)14-18-6-3-4-12-22-18/h3-13,17H,14-16H2,1-2H3. The lowest BCUT2D eigenvalue weighted by molar-refractivity contribution is 0.271. The highest BCUT2D eigenvalue weighted by Crippen LogP contribution is 2.23. The number of benzene rings is 1. The lowest BCUT2D eigenvalue weighted by atomic mass is 10.2. The predicted molar refractivity (Wildman–Crippen MR) is 106 cm³/mol. The number of hydrogen-bond acceptors (Lipinski definition) is 5. The molecule has 1 aromatic carbocycles. The van der Waals surface area contributed by atoms with E-state index in [0.717, 1.165) is 0 Å². The lowest BCUT2D eigenvalue weighted by Crippen LogP contribution is -2.30. The maximum Gasteiger partial charge on any atom is 0.243 e. The van der Waals surface area contributed by atoms with Crippen LogP contribution in [0.5, 0.6) is 5.75 Å². The van der Waals surface area contributed by atoms with Crippen molar-refractivity contribution in [3.8, 4) is 5.75 Å². The van der Waals surface area contributed by atoms with Gasteiger partial charge in [0.25, 0.3) is 0 Å². The van der Waals surface area contributed by atoms with Gasteiger partial charge >= 0.3 is 0 Å². The lowest BCUT2D eigenvalue weighted by Gasteiger charge is -2.21. The second kappa shape index (κ2) is 9.03. The van der Waals surface area contributed by atoms with Crippen molar-refractivity contribution in [2.75, 3.05) is 6.61 Å². The molecule has 7 heteroatoms. The third-order valence-electron chi connectivity index (χ3n) is 4.02. The molecule has 0 amide bonds. The number of pyridine rings is 1. The maximum absolute atomic E-state index is 13.3. The second-order valence-corrected chi connectivity index (χ2v) is 8.79. The fraction of sp³-hybridized carbons (Fsp3) is 0.286. The van der Waals surface area contributed by atoms with E-state index in [1.807, 2.05) is 6.07 Å². The SMILES string of the molecule is CC(C)COc1ccc(S(=O)(=O)N(Cc2ccccn2)Cc2ccco2)cc1. The van der Waals surface area contributed by atoms with Crippen molar-refractivity contribution >= 4 is 10.0 Å². The van der Waals surface area contributed by atoms with Crippen LogP contribution < -0.4 is 4.74 Å². The van der Waals surface area contributed by atoms with Gasteiger partial charge in [-0.25, -0.2) is 8.42 Å². The van der Waals surface area contributed by atoms with Crippen molar-refractivity contribution < 1.29 is 17.6 Å². The van der Waals surface area contributed by atoms with Crippen LogP contribution in [0.1, 0.15) is 25.3 Å². The minimum Gasteiger partial charge on any atom is -0.493 e. The fourth-order valence-electron chi connectivity index (χ4n) is 2.59. The van der Waals surface area contributed by atoms with E-state index in [2.05, 4.69) is 18.8 Å². The molecule has 0 N–H and O–H groups in total. The maximum atomic E-state index is 13.3. The van der Waals surface area contributed by atoms with E-state index in [9.17, 15) is 8.42 Å². The molecule has 28 heavy (non-hydrogen) atoms. The third-order valence-corrected chi connectivity index (χ3v) is 5.83. The Balaban J connectivity index is 1.84. The number of aromatic nitrogens is 1. The van der Waals surface area contributed by atoms with E-state index < -0.39 is 10.0 Å². The van der Waals surface area contributed by atoms with Crippen LogP contribution in [0.3, 0.4) is 0 Å².